The Hall–Kier alpha value is -2.32. The van der Waals surface area contributed by atoms with Crippen LogP contribution in [0.5, 0.6) is 0 Å². The lowest BCUT2D eigenvalue weighted by Crippen LogP contribution is -2.27. The Balaban J connectivity index is 1.90. The highest BCUT2D eigenvalue weighted by atomic mass is 32.2. The fourth-order valence-corrected chi connectivity index (χ4v) is 3.08. The third kappa shape index (κ3) is 5.61. The van der Waals surface area contributed by atoms with E-state index in [1.54, 1.807) is 25.1 Å². The number of nitrogens with one attached hydrogen (secondary N) is 1. The highest BCUT2D eigenvalue weighted by Gasteiger charge is 2.12. The van der Waals surface area contributed by atoms with E-state index in [4.69, 9.17) is 0 Å². The Kier molecular flexibility index (Phi) is 6.22. The van der Waals surface area contributed by atoms with Gasteiger partial charge in [-0.3, -0.25) is 4.98 Å². The molecule has 2 aromatic rings. The van der Waals surface area contributed by atoms with Gasteiger partial charge in [-0.1, -0.05) is 12.1 Å². The van der Waals surface area contributed by atoms with Gasteiger partial charge in [0, 0.05) is 6.20 Å². The van der Waals surface area contributed by atoms with Gasteiger partial charge in [0.2, 0.25) is 10.0 Å². The molecule has 1 N–H and O–H groups in total. The Labute approximate surface area is 146 Å². The zero-order valence-electron chi connectivity index (χ0n) is 14.0. The predicted molar refractivity (Wildman–Crippen MR) is 91.0 cm³/mol. The summed E-state index contributed by atoms with van der Waals surface area (Å²) in [5, 5.41) is 0. The SMILES string of the molecule is COC(=O)c1ccc(CNS(=O)(=O)CCc2ccc(C)c(F)c2)nc1. The van der Waals surface area contributed by atoms with E-state index >= 15 is 0 Å². The zero-order valence-corrected chi connectivity index (χ0v) is 14.8. The van der Waals surface area contributed by atoms with Crippen LogP contribution in [0.25, 0.3) is 0 Å². The van der Waals surface area contributed by atoms with E-state index in [9.17, 15) is 17.6 Å². The normalized spacial score (nSPS) is 11.3. The molecule has 0 fully saturated rings. The number of nitrogens with zero attached hydrogens (tertiary/aromatic N) is 1. The van der Waals surface area contributed by atoms with Gasteiger partial charge >= 0.3 is 5.97 Å². The zero-order chi connectivity index (χ0) is 18.4. The van der Waals surface area contributed by atoms with E-state index in [-0.39, 0.29) is 30.1 Å². The largest absolute Gasteiger partial charge is 0.465 e. The average Bonchev–Trinajstić information content (AvgIpc) is 2.61. The summed E-state index contributed by atoms with van der Waals surface area (Å²) in [7, 11) is -2.27. The first kappa shape index (κ1) is 19.0. The average molecular weight is 366 g/mol. The van der Waals surface area contributed by atoms with Crippen molar-refractivity contribution in [3.05, 3.63) is 64.7 Å². The van der Waals surface area contributed by atoms with Crippen molar-refractivity contribution >= 4 is 16.0 Å². The number of benzene rings is 1. The first-order chi connectivity index (χ1) is 11.8. The molecule has 0 saturated heterocycles. The molecule has 0 bridgehead atoms. The maximum absolute atomic E-state index is 13.5. The summed E-state index contributed by atoms with van der Waals surface area (Å²) in [6.45, 7) is 1.65. The molecule has 8 heteroatoms. The molecular formula is C17H19FN2O4S. The standard InChI is InChI=1S/C17H19FN2O4S/c1-12-3-4-13(9-16(12)18)7-8-25(22,23)20-11-15-6-5-14(10-19-15)17(21)24-2/h3-6,9-10,20H,7-8,11H2,1-2H3. The quantitative estimate of drug-likeness (QED) is 0.758. The molecule has 0 saturated carbocycles. The van der Waals surface area contributed by atoms with Gasteiger partial charge in [-0.2, -0.15) is 0 Å². The second-order valence-corrected chi connectivity index (χ2v) is 7.43. The lowest BCUT2D eigenvalue weighted by molar-refractivity contribution is 0.0600. The molecule has 134 valence electrons. The molecule has 0 aliphatic carbocycles. The second kappa shape index (κ2) is 8.17. The molecule has 0 radical (unpaired) electrons. The molecule has 25 heavy (non-hydrogen) atoms. The van der Waals surface area contributed by atoms with Crippen LogP contribution in [0.1, 0.15) is 27.2 Å². The molecule has 6 nitrogen and oxygen atoms in total. The van der Waals surface area contributed by atoms with Crippen molar-refractivity contribution < 1.29 is 22.3 Å². The van der Waals surface area contributed by atoms with Gasteiger partial charge in [0.05, 0.1) is 30.7 Å². The van der Waals surface area contributed by atoms with E-state index in [1.807, 2.05) is 0 Å². The van der Waals surface area contributed by atoms with E-state index in [0.717, 1.165) is 0 Å². The van der Waals surface area contributed by atoms with Gasteiger partial charge in [0.15, 0.2) is 0 Å². The van der Waals surface area contributed by atoms with Crippen molar-refractivity contribution in [2.75, 3.05) is 12.9 Å². The number of carbonyl (C=O) groups is 1. The first-order valence-electron chi connectivity index (χ1n) is 7.56. The van der Waals surface area contributed by atoms with Gasteiger partial charge in [0.1, 0.15) is 5.82 Å². The third-order valence-corrected chi connectivity index (χ3v) is 4.94. The summed E-state index contributed by atoms with van der Waals surface area (Å²) in [6, 6.07) is 7.73. The van der Waals surface area contributed by atoms with E-state index in [1.165, 1.54) is 25.4 Å². The molecule has 0 aliphatic rings. The van der Waals surface area contributed by atoms with Crippen LogP contribution in [0.15, 0.2) is 36.5 Å². The number of methoxy groups -OCH3 is 1. The minimum absolute atomic E-state index is 0.00600. The first-order valence-corrected chi connectivity index (χ1v) is 9.21. The maximum Gasteiger partial charge on any atom is 0.339 e. The van der Waals surface area contributed by atoms with E-state index in [2.05, 4.69) is 14.4 Å². The Morgan fingerprint density at radius 3 is 2.64 bits per heavy atom. The highest BCUT2D eigenvalue weighted by molar-refractivity contribution is 7.89. The maximum atomic E-state index is 13.5. The van der Waals surface area contributed by atoms with Crippen LogP contribution >= 0.6 is 0 Å². The summed E-state index contributed by atoms with van der Waals surface area (Å²) in [4.78, 5) is 15.3. The summed E-state index contributed by atoms with van der Waals surface area (Å²) in [6.07, 6.45) is 1.53. The van der Waals surface area contributed by atoms with Gasteiger partial charge in [-0.25, -0.2) is 22.3 Å². The molecule has 0 amide bonds. The van der Waals surface area contributed by atoms with Gasteiger partial charge in [0.25, 0.3) is 0 Å². The molecule has 0 aliphatic heterocycles. The number of aryl methyl sites for hydroxylation is 2. The van der Waals surface area contributed by atoms with E-state index in [0.29, 0.717) is 16.8 Å². The van der Waals surface area contributed by atoms with Crippen molar-refractivity contribution in [1.29, 1.82) is 0 Å². The van der Waals surface area contributed by atoms with Crippen LogP contribution in [0, 0.1) is 12.7 Å². The molecule has 1 heterocycles. The Morgan fingerprint density at radius 2 is 2.04 bits per heavy atom. The third-order valence-electron chi connectivity index (χ3n) is 3.61. The van der Waals surface area contributed by atoms with Crippen LogP contribution in [0.4, 0.5) is 4.39 Å². The van der Waals surface area contributed by atoms with Crippen molar-refractivity contribution in [1.82, 2.24) is 9.71 Å². The fraction of sp³-hybridized carbons (Fsp3) is 0.294. The fourth-order valence-electron chi connectivity index (χ4n) is 2.07. The Bertz CT molecular complexity index is 851. The predicted octanol–water partition coefficient (Wildman–Crippen LogP) is 1.98. The Morgan fingerprint density at radius 1 is 1.28 bits per heavy atom. The number of aromatic nitrogens is 1. The summed E-state index contributed by atoms with van der Waals surface area (Å²) in [5.41, 5.74) is 1.90. The number of halogens is 1. The van der Waals surface area contributed by atoms with Crippen LogP contribution in [-0.2, 0) is 27.7 Å². The van der Waals surface area contributed by atoms with Crippen molar-refractivity contribution in [3.8, 4) is 0 Å². The molecule has 0 atom stereocenters. The summed E-state index contributed by atoms with van der Waals surface area (Å²) >= 11 is 0. The minimum Gasteiger partial charge on any atom is -0.465 e. The van der Waals surface area contributed by atoms with Crippen molar-refractivity contribution in [2.45, 2.75) is 19.9 Å². The molecule has 2 rings (SSSR count). The van der Waals surface area contributed by atoms with Crippen molar-refractivity contribution in [3.63, 3.8) is 0 Å². The number of ether oxygens (including phenoxy) is 1. The number of rotatable bonds is 7. The number of carbonyl (C=O) groups excluding carboxylic acids is 1. The molecule has 1 aromatic carbocycles. The number of esters is 1. The summed E-state index contributed by atoms with van der Waals surface area (Å²) < 4.78 is 44.6. The molecule has 0 spiro atoms. The van der Waals surface area contributed by atoms with Crippen LogP contribution in [0.2, 0.25) is 0 Å². The number of hydrogen-bond donors (Lipinski definition) is 1. The number of pyridine rings is 1. The molecular weight excluding hydrogens is 347 g/mol. The van der Waals surface area contributed by atoms with Gasteiger partial charge in [-0.15, -0.1) is 0 Å². The van der Waals surface area contributed by atoms with Crippen LogP contribution < -0.4 is 4.72 Å². The van der Waals surface area contributed by atoms with Crippen molar-refractivity contribution in [2.24, 2.45) is 0 Å². The van der Waals surface area contributed by atoms with Crippen LogP contribution in [0.3, 0.4) is 0 Å². The lowest BCUT2D eigenvalue weighted by atomic mass is 10.1. The summed E-state index contributed by atoms with van der Waals surface area (Å²) in [5.74, 6) is -1.02. The minimum atomic E-state index is -3.54. The highest BCUT2D eigenvalue weighted by Crippen LogP contribution is 2.10. The van der Waals surface area contributed by atoms with Crippen LogP contribution in [-0.4, -0.2) is 32.2 Å². The topological polar surface area (TPSA) is 85.4 Å². The number of hydrogen-bond acceptors (Lipinski definition) is 5. The number of sulfonamides is 1. The monoisotopic (exact) mass is 366 g/mol. The van der Waals surface area contributed by atoms with Gasteiger partial charge in [-0.05, 0) is 42.7 Å². The second-order valence-electron chi connectivity index (χ2n) is 5.50. The van der Waals surface area contributed by atoms with E-state index < -0.39 is 16.0 Å². The molecule has 1 aromatic heterocycles. The molecule has 0 unspecified atom stereocenters. The lowest BCUT2D eigenvalue weighted by Gasteiger charge is -2.07. The van der Waals surface area contributed by atoms with Gasteiger partial charge < -0.3 is 4.74 Å². The smallest absolute Gasteiger partial charge is 0.339 e.